The Hall–Kier alpha value is -0.520. The van der Waals surface area contributed by atoms with Crippen molar-refractivity contribution in [1.82, 2.24) is 0 Å². The van der Waals surface area contributed by atoms with Crippen LogP contribution >= 0.6 is 0 Å². The third-order valence-electron chi connectivity index (χ3n) is 3.20. The first kappa shape index (κ1) is 5.17. The highest BCUT2D eigenvalue weighted by Crippen LogP contribution is 2.55. The van der Waals surface area contributed by atoms with Gasteiger partial charge in [0.1, 0.15) is 0 Å². The lowest BCUT2D eigenvalue weighted by atomic mass is 9.87. The molecule has 3 rings (SSSR count). The summed E-state index contributed by atoms with van der Waals surface area (Å²) in [5, 5.41) is 0. The summed E-state index contributed by atoms with van der Waals surface area (Å²) in [5.41, 5.74) is 1.68. The highest BCUT2D eigenvalue weighted by atomic mass is 14.5. The highest BCUT2D eigenvalue weighted by molar-refractivity contribution is 5.50. The van der Waals surface area contributed by atoms with Gasteiger partial charge >= 0.3 is 0 Å². The van der Waals surface area contributed by atoms with Gasteiger partial charge in [0.05, 0.1) is 0 Å². The molecule has 0 heterocycles. The molecule has 0 nitrogen and oxygen atoms in total. The van der Waals surface area contributed by atoms with Crippen LogP contribution in [0.3, 0.4) is 0 Å². The average molecular weight is 131 g/mol. The molecule has 0 spiro atoms. The van der Waals surface area contributed by atoms with Crippen LogP contribution in [0.2, 0.25) is 0 Å². The van der Waals surface area contributed by atoms with Gasteiger partial charge < -0.3 is 0 Å². The van der Waals surface area contributed by atoms with E-state index in [1.165, 1.54) is 19.3 Å². The van der Waals surface area contributed by atoms with Crippen molar-refractivity contribution in [1.29, 1.82) is 0 Å². The Kier molecular flexibility index (Phi) is 0.803. The Balaban J connectivity index is 2.08. The van der Waals surface area contributed by atoms with E-state index >= 15 is 0 Å². The van der Waals surface area contributed by atoms with Crippen LogP contribution in [0.5, 0.6) is 0 Å². The van der Waals surface area contributed by atoms with Gasteiger partial charge in [-0.05, 0) is 31.1 Å². The first-order chi connectivity index (χ1) is 4.95. The molecule has 0 N–H and O–H groups in total. The van der Waals surface area contributed by atoms with Crippen molar-refractivity contribution in [2.75, 3.05) is 0 Å². The average Bonchev–Trinajstić information content (AvgIpc) is 2.60. The van der Waals surface area contributed by atoms with Crippen LogP contribution in [0.1, 0.15) is 19.3 Å². The minimum absolute atomic E-state index is 0.954. The summed E-state index contributed by atoms with van der Waals surface area (Å²) in [6.07, 6.45) is 11.2. The molecule has 3 aliphatic carbocycles. The third-order valence-corrected chi connectivity index (χ3v) is 3.20. The van der Waals surface area contributed by atoms with Crippen LogP contribution in [0.25, 0.3) is 0 Å². The van der Waals surface area contributed by atoms with Crippen LogP contribution < -0.4 is 0 Å². The lowest BCUT2D eigenvalue weighted by molar-refractivity contribution is 0.618. The van der Waals surface area contributed by atoms with Crippen molar-refractivity contribution in [2.24, 2.45) is 11.8 Å². The molecule has 0 saturated heterocycles. The van der Waals surface area contributed by atoms with E-state index in [-0.39, 0.29) is 0 Å². The molecule has 1 radical (unpaired) electrons. The van der Waals surface area contributed by atoms with Gasteiger partial charge in [-0.2, -0.15) is 0 Å². The van der Waals surface area contributed by atoms with E-state index in [4.69, 9.17) is 0 Å². The molecule has 3 aliphatic rings. The van der Waals surface area contributed by atoms with E-state index in [2.05, 4.69) is 18.2 Å². The van der Waals surface area contributed by atoms with Gasteiger partial charge in [0.25, 0.3) is 0 Å². The van der Waals surface area contributed by atoms with Gasteiger partial charge in [-0.25, -0.2) is 0 Å². The lowest BCUT2D eigenvalue weighted by Gasteiger charge is -2.17. The van der Waals surface area contributed by atoms with E-state index in [1.807, 2.05) is 0 Å². The summed E-state index contributed by atoms with van der Waals surface area (Å²) in [7, 11) is 0. The third kappa shape index (κ3) is 0.448. The Morgan fingerprint density at radius 1 is 1.20 bits per heavy atom. The normalized spacial score (nSPS) is 42.6. The molecular weight excluding hydrogens is 120 g/mol. The fourth-order valence-electron chi connectivity index (χ4n) is 2.74. The van der Waals surface area contributed by atoms with Crippen molar-refractivity contribution < 1.29 is 0 Å². The molecule has 0 aromatic rings. The molecule has 2 bridgehead atoms. The molecular formula is C10H11. The van der Waals surface area contributed by atoms with E-state index in [0.29, 0.717) is 0 Å². The summed E-state index contributed by atoms with van der Waals surface area (Å²) in [6.45, 7) is 0. The number of hydrogen-bond donors (Lipinski definition) is 0. The van der Waals surface area contributed by atoms with Crippen LogP contribution in [0, 0.1) is 17.8 Å². The number of rotatable bonds is 0. The second-order valence-corrected chi connectivity index (χ2v) is 3.64. The van der Waals surface area contributed by atoms with E-state index in [9.17, 15) is 0 Å². The van der Waals surface area contributed by atoms with Crippen molar-refractivity contribution in [3.63, 3.8) is 0 Å². The number of hydrogen-bond acceptors (Lipinski definition) is 0. The molecule has 0 amide bonds. The molecule has 0 aromatic heterocycles. The van der Waals surface area contributed by atoms with Gasteiger partial charge in [-0.3, -0.25) is 0 Å². The molecule has 0 heteroatoms. The minimum Gasteiger partial charge on any atom is -0.0728 e. The summed E-state index contributed by atoms with van der Waals surface area (Å²) < 4.78 is 0. The fourth-order valence-corrected chi connectivity index (χ4v) is 2.74. The van der Waals surface area contributed by atoms with E-state index in [1.54, 1.807) is 11.5 Å². The van der Waals surface area contributed by atoms with Crippen molar-refractivity contribution in [2.45, 2.75) is 19.3 Å². The highest BCUT2D eigenvalue weighted by Gasteiger charge is 2.43. The SMILES string of the molecule is C1=C[C]2C(=C1)C1CCC2C1. The van der Waals surface area contributed by atoms with E-state index < -0.39 is 0 Å². The Bertz CT molecular complexity index is 222. The Morgan fingerprint density at radius 2 is 2.10 bits per heavy atom. The van der Waals surface area contributed by atoms with Gasteiger partial charge in [0.15, 0.2) is 0 Å². The maximum Gasteiger partial charge on any atom is 0.0259 e. The largest absolute Gasteiger partial charge is 0.0728 e. The Labute approximate surface area is 61.6 Å². The molecule has 2 saturated carbocycles. The second-order valence-electron chi connectivity index (χ2n) is 3.64. The van der Waals surface area contributed by atoms with E-state index in [0.717, 1.165) is 11.8 Å². The van der Waals surface area contributed by atoms with Gasteiger partial charge in [0.2, 0.25) is 0 Å². The van der Waals surface area contributed by atoms with Crippen molar-refractivity contribution >= 4 is 0 Å². The van der Waals surface area contributed by atoms with Crippen LogP contribution in [-0.2, 0) is 0 Å². The lowest BCUT2D eigenvalue weighted by Crippen LogP contribution is -2.05. The standard InChI is InChI=1S/C10H11/c1-2-9-7-4-5-8(6-7)10(9)3-1/h1-3,7-8H,4-6H2. The van der Waals surface area contributed by atoms with Crippen LogP contribution in [-0.4, -0.2) is 0 Å². The predicted octanol–water partition coefficient (Wildman–Crippen LogP) is 2.49. The quantitative estimate of drug-likeness (QED) is 0.474. The molecule has 2 atom stereocenters. The molecule has 2 fully saturated rings. The summed E-state index contributed by atoms with van der Waals surface area (Å²) >= 11 is 0. The first-order valence-electron chi connectivity index (χ1n) is 4.20. The molecule has 10 heavy (non-hydrogen) atoms. The zero-order chi connectivity index (χ0) is 6.55. The first-order valence-corrected chi connectivity index (χ1v) is 4.20. The maximum absolute atomic E-state index is 2.32. The summed E-state index contributed by atoms with van der Waals surface area (Å²) in [4.78, 5) is 0. The zero-order valence-corrected chi connectivity index (χ0v) is 6.01. The second kappa shape index (κ2) is 1.55. The number of allylic oxidation sites excluding steroid dienone is 4. The van der Waals surface area contributed by atoms with Crippen LogP contribution in [0.15, 0.2) is 23.8 Å². The molecule has 51 valence electrons. The van der Waals surface area contributed by atoms with Gasteiger partial charge in [-0.15, -0.1) is 0 Å². The Morgan fingerprint density at radius 3 is 3.00 bits per heavy atom. The van der Waals surface area contributed by atoms with Crippen molar-refractivity contribution in [3.05, 3.63) is 29.7 Å². The predicted molar refractivity (Wildman–Crippen MR) is 41.3 cm³/mol. The monoisotopic (exact) mass is 131 g/mol. The minimum atomic E-state index is 0.954. The smallest absolute Gasteiger partial charge is 0.0259 e. The van der Waals surface area contributed by atoms with Crippen LogP contribution in [0.4, 0.5) is 0 Å². The molecule has 2 unspecified atom stereocenters. The molecule has 0 aromatic carbocycles. The molecule has 0 aliphatic heterocycles. The summed E-state index contributed by atoms with van der Waals surface area (Å²) in [6, 6.07) is 0. The number of fused-ring (bicyclic) bond motifs is 5. The zero-order valence-electron chi connectivity index (χ0n) is 6.01. The topological polar surface area (TPSA) is 0 Å². The maximum atomic E-state index is 2.32. The van der Waals surface area contributed by atoms with Gasteiger partial charge in [-0.1, -0.05) is 23.8 Å². The summed E-state index contributed by atoms with van der Waals surface area (Å²) in [5.74, 6) is 3.58. The van der Waals surface area contributed by atoms with Crippen molar-refractivity contribution in [3.8, 4) is 0 Å². The van der Waals surface area contributed by atoms with Gasteiger partial charge in [0, 0.05) is 5.92 Å². The fraction of sp³-hybridized carbons (Fsp3) is 0.500.